The van der Waals surface area contributed by atoms with Gasteiger partial charge >= 0.3 is 0 Å². The van der Waals surface area contributed by atoms with Gasteiger partial charge in [0.1, 0.15) is 0 Å². The summed E-state index contributed by atoms with van der Waals surface area (Å²) < 4.78 is 0. The molecule has 1 atom stereocenters. The Morgan fingerprint density at radius 2 is 2.00 bits per heavy atom. The second-order valence-corrected chi connectivity index (χ2v) is 6.06. The number of likely N-dealkylation sites (tertiary alicyclic amines) is 1. The molecule has 4 heteroatoms. The van der Waals surface area contributed by atoms with E-state index in [9.17, 15) is 4.79 Å². The predicted molar refractivity (Wildman–Crippen MR) is 75.3 cm³/mol. The standard InChI is InChI=1S/C14H29N3O/c1-11(2)10-13(15)14(18)16-7-4-12-5-8-17(3)9-6-12/h11-13H,4-10,15H2,1-3H3,(H,16,18)/t13-/m0/s1. The summed E-state index contributed by atoms with van der Waals surface area (Å²) >= 11 is 0. The smallest absolute Gasteiger partial charge is 0.236 e. The molecule has 4 nitrogen and oxygen atoms in total. The van der Waals surface area contributed by atoms with Crippen LogP contribution in [0.25, 0.3) is 0 Å². The van der Waals surface area contributed by atoms with Crippen LogP contribution in [0.5, 0.6) is 0 Å². The highest BCUT2D eigenvalue weighted by Crippen LogP contribution is 2.18. The Bertz CT molecular complexity index is 247. The van der Waals surface area contributed by atoms with E-state index in [-0.39, 0.29) is 11.9 Å². The number of piperidine rings is 1. The van der Waals surface area contributed by atoms with Crippen molar-refractivity contribution in [1.82, 2.24) is 10.2 Å². The minimum Gasteiger partial charge on any atom is -0.355 e. The first-order valence-corrected chi connectivity index (χ1v) is 7.21. The average Bonchev–Trinajstić information content (AvgIpc) is 2.30. The molecule has 1 rings (SSSR count). The van der Waals surface area contributed by atoms with Crippen molar-refractivity contribution < 1.29 is 4.79 Å². The lowest BCUT2D eigenvalue weighted by Gasteiger charge is -2.29. The number of nitrogens with two attached hydrogens (primary N) is 1. The summed E-state index contributed by atoms with van der Waals surface area (Å²) in [5, 5.41) is 2.97. The summed E-state index contributed by atoms with van der Waals surface area (Å²) in [4.78, 5) is 14.1. The van der Waals surface area contributed by atoms with E-state index in [1.165, 1.54) is 25.9 Å². The molecule has 3 N–H and O–H groups in total. The van der Waals surface area contributed by atoms with Gasteiger partial charge in [-0.1, -0.05) is 13.8 Å². The number of nitrogens with zero attached hydrogens (tertiary/aromatic N) is 1. The zero-order valence-corrected chi connectivity index (χ0v) is 12.1. The van der Waals surface area contributed by atoms with Crippen LogP contribution in [0.2, 0.25) is 0 Å². The van der Waals surface area contributed by atoms with Crippen molar-refractivity contribution in [3.8, 4) is 0 Å². The van der Waals surface area contributed by atoms with Crippen LogP contribution in [0.15, 0.2) is 0 Å². The monoisotopic (exact) mass is 255 g/mol. The van der Waals surface area contributed by atoms with E-state index in [1.54, 1.807) is 0 Å². The van der Waals surface area contributed by atoms with Crippen molar-refractivity contribution in [2.24, 2.45) is 17.6 Å². The molecule has 1 heterocycles. The summed E-state index contributed by atoms with van der Waals surface area (Å²) in [6.45, 7) is 7.33. The second kappa shape index (κ2) is 7.74. The molecule has 0 aliphatic carbocycles. The van der Waals surface area contributed by atoms with Gasteiger partial charge in [0.15, 0.2) is 0 Å². The van der Waals surface area contributed by atoms with Gasteiger partial charge in [-0.2, -0.15) is 0 Å². The van der Waals surface area contributed by atoms with Gasteiger partial charge in [0.25, 0.3) is 0 Å². The Hall–Kier alpha value is -0.610. The molecule has 1 saturated heterocycles. The fourth-order valence-electron chi connectivity index (χ4n) is 2.50. The highest BCUT2D eigenvalue weighted by Gasteiger charge is 2.18. The van der Waals surface area contributed by atoms with Crippen LogP contribution < -0.4 is 11.1 Å². The van der Waals surface area contributed by atoms with Gasteiger partial charge < -0.3 is 16.0 Å². The second-order valence-electron chi connectivity index (χ2n) is 6.06. The molecule has 1 aliphatic rings. The number of carbonyl (C=O) groups excluding carboxylic acids is 1. The first-order chi connectivity index (χ1) is 8.49. The first kappa shape index (κ1) is 15.4. The fraction of sp³-hybridized carbons (Fsp3) is 0.929. The molecule has 106 valence electrons. The number of hydrogen-bond acceptors (Lipinski definition) is 3. The van der Waals surface area contributed by atoms with Crippen molar-refractivity contribution in [2.75, 3.05) is 26.7 Å². The van der Waals surface area contributed by atoms with Crippen molar-refractivity contribution in [2.45, 2.75) is 45.6 Å². The Labute approximate surface area is 111 Å². The molecule has 0 aromatic carbocycles. The topological polar surface area (TPSA) is 58.4 Å². The maximum absolute atomic E-state index is 11.7. The summed E-state index contributed by atoms with van der Waals surface area (Å²) in [6, 6.07) is -0.345. The van der Waals surface area contributed by atoms with Crippen LogP contribution in [0, 0.1) is 11.8 Å². The molecule has 1 fully saturated rings. The van der Waals surface area contributed by atoms with Crippen LogP contribution in [-0.2, 0) is 4.79 Å². The SMILES string of the molecule is CC(C)C[C@H](N)C(=O)NCCC1CCN(C)CC1. The highest BCUT2D eigenvalue weighted by molar-refractivity contribution is 5.81. The normalized spacial score (nSPS) is 20.1. The largest absolute Gasteiger partial charge is 0.355 e. The van der Waals surface area contributed by atoms with Crippen LogP contribution in [-0.4, -0.2) is 43.5 Å². The van der Waals surface area contributed by atoms with Crippen molar-refractivity contribution in [3.63, 3.8) is 0 Å². The van der Waals surface area contributed by atoms with Crippen molar-refractivity contribution in [1.29, 1.82) is 0 Å². The highest BCUT2D eigenvalue weighted by atomic mass is 16.2. The molecule has 0 aromatic rings. The third-order valence-electron chi connectivity index (χ3n) is 3.75. The maximum Gasteiger partial charge on any atom is 0.236 e. The van der Waals surface area contributed by atoms with Crippen molar-refractivity contribution in [3.05, 3.63) is 0 Å². The van der Waals surface area contributed by atoms with E-state index in [0.29, 0.717) is 5.92 Å². The van der Waals surface area contributed by atoms with Gasteiger partial charge in [0, 0.05) is 6.54 Å². The molecule has 0 spiro atoms. The third kappa shape index (κ3) is 5.83. The number of carbonyl (C=O) groups is 1. The number of amides is 1. The zero-order chi connectivity index (χ0) is 13.5. The van der Waals surface area contributed by atoms with Gasteiger partial charge in [-0.25, -0.2) is 0 Å². The summed E-state index contributed by atoms with van der Waals surface area (Å²) in [5.41, 5.74) is 5.84. The lowest BCUT2D eigenvalue weighted by molar-refractivity contribution is -0.122. The quantitative estimate of drug-likeness (QED) is 0.750. The minimum atomic E-state index is -0.345. The number of nitrogens with one attached hydrogen (secondary N) is 1. The lowest BCUT2D eigenvalue weighted by atomic mass is 9.94. The molecular formula is C14H29N3O. The van der Waals surface area contributed by atoms with Gasteiger partial charge in [-0.05, 0) is 57.7 Å². The van der Waals surface area contributed by atoms with E-state index in [2.05, 4.69) is 31.1 Å². The minimum absolute atomic E-state index is 0.0108. The molecule has 0 bridgehead atoms. The van der Waals surface area contributed by atoms with Crippen LogP contribution in [0.3, 0.4) is 0 Å². The molecule has 1 amide bonds. The predicted octanol–water partition coefficient (Wildman–Crippen LogP) is 1.21. The van der Waals surface area contributed by atoms with Gasteiger partial charge in [0.05, 0.1) is 6.04 Å². The molecule has 1 aliphatic heterocycles. The van der Waals surface area contributed by atoms with Gasteiger partial charge in [-0.3, -0.25) is 4.79 Å². The maximum atomic E-state index is 11.7. The summed E-state index contributed by atoms with van der Waals surface area (Å²) in [7, 11) is 2.17. The lowest BCUT2D eigenvalue weighted by Crippen LogP contribution is -2.42. The van der Waals surface area contributed by atoms with Gasteiger partial charge in [0.2, 0.25) is 5.91 Å². The van der Waals surface area contributed by atoms with Crippen LogP contribution in [0.1, 0.15) is 39.5 Å². The average molecular weight is 255 g/mol. The van der Waals surface area contributed by atoms with Crippen LogP contribution in [0.4, 0.5) is 0 Å². The molecule has 18 heavy (non-hydrogen) atoms. The van der Waals surface area contributed by atoms with E-state index >= 15 is 0 Å². The van der Waals surface area contributed by atoms with E-state index in [1.807, 2.05) is 0 Å². The first-order valence-electron chi connectivity index (χ1n) is 7.21. The Morgan fingerprint density at radius 1 is 1.39 bits per heavy atom. The Kier molecular flexibility index (Phi) is 6.65. The molecule has 0 unspecified atom stereocenters. The summed E-state index contributed by atoms with van der Waals surface area (Å²) in [6.07, 6.45) is 4.36. The molecule has 0 radical (unpaired) electrons. The molecular weight excluding hydrogens is 226 g/mol. The third-order valence-corrected chi connectivity index (χ3v) is 3.75. The van der Waals surface area contributed by atoms with E-state index in [4.69, 9.17) is 5.73 Å². The van der Waals surface area contributed by atoms with E-state index in [0.717, 1.165) is 25.3 Å². The Morgan fingerprint density at radius 3 is 2.56 bits per heavy atom. The van der Waals surface area contributed by atoms with Gasteiger partial charge in [-0.15, -0.1) is 0 Å². The van der Waals surface area contributed by atoms with E-state index < -0.39 is 0 Å². The zero-order valence-electron chi connectivity index (χ0n) is 12.1. The summed E-state index contributed by atoms with van der Waals surface area (Å²) in [5.74, 6) is 1.25. The van der Waals surface area contributed by atoms with Crippen LogP contribution >= 0.6 is 0 Å². The molecule has 0 aromatic heterocycles. The fourth-order valence-corrected chi connectivity index (χ4v) is 2.50. The number of hydrogen-bond donors (Lipinski definition) is 2. The molecule has 0 saturated carbocycles. The number of rotatable bonds is 6. The Balaban J connectivity index is 2.11. The van der Waals surface area contributed by atoms with Crippen molar-refractivity contribution >= 4 is 5.91 Å².